The van der Waals surface area contributed by atoms with Crippen LogP contribution in [0.25, 0.3) is 10.4 Å². The molecule has 8 heteroatoms. The first-order valence-corrected chi connectivity index (χ1v) is 5.04. The summed E-state index contributed by atoms with van der Waals surface area (Å²) in [4.78, 5) is 12.2. The highest BCUT2D eigenvalue weighted by atomic mass is 19.1. The lowest BCUT2D eigenvalue weighted by Crippen LogP contribution is -2.22. The van der Waals surface area contributed by atoms with Crippen molar-refractivity contribution in [1.29, 1.82) is 0 Å². The molecule has 96 valence electrons. The van der Waals surface area contributed by atoms with Gasteiger partial charge in [-0.3, -0.25) is 10.1 Å². The summed E-state index contributed by atoms with van der Waals surface area (Å²) in [6, 6.07) is 3.07. The second-order valence-electron chi connectivity index (χ2n) is 3.62. The SMILES string of the molecule is C[C@@H](F)[C@H](N=[N+]=[N-])[C@@H](F)c1ccc([N+](=O)[O-])cc1. The number of hydrogen-bond acceptors (Lipinski definition) is 3. The maximum absolute atomic E-state index is 13.9. The van der Waals surface area contributed by atoms with Crippen LogP contribution < -0.4 is 0 Å². The molecule has 0 aliphatic rings. The van der Waals surface area contributed by atoms with Gasteiger partial charge < -0.3 is 0 Å². The van der Waals surface area contributed by atoms with Crippen molar-refractivity contribution in [2.24, 2.45) is 5.11 Å². The van der Waals surface area contributed by atoms with E-state index in [0.29, 0.717) is 0 Å². The molecular formula is C10H10F2N4O2. The molecule has 1 rings (SSSR count). The van der Waals surface area contributed by atoms with Gasteiger partial charge in [0.15, 0.2) is 0 Å². The zero-order chi connectivity index (χ0) is 13.7. The van der Waals surface area contributed by atoms with Crippen LogP contribution in [0.3, 0.4) is 0 Å². The number of azide groups is 1. The van der Waals surface area contributed by atoms with Crippen molar-refractivity contribution in [3.8, 4) is 0 Å². The third kappa shape index (κ3) is 3.14. The molecule has 0 radical (unpaired) electrons. The van der Waals surface area contributed by atoms with Gasteiger partial charge in [0.1, 0.15) is 18.4 Å². The Bertz CT molecular complexity index is 471. The van der Waals surface area contributed by atoms with Gasteiger partial charge in [-0.25, -0.2) is 8.78 Å². The zero-order valence-corrected chi connectivity index (χ0v) is 9.40. The number of alkyl halides is 2. The second kappa shape index (κ2) is 5.92. The molecule has 1 aromatic carbocycles. The maximum Gasteiger partial charge on any atom is 0.269 e. The Morgan fingerprint density at radius 2 is 1.94 bits per heavy atom. The van der Waals surface area contributed by atoms with Crippen LogP contribution in [0.5, 0.6) is 0 Å². The van der Waals surface area contributed by atoms with Crippen molar-refractivity contribution in [1.82, 2.24) is 0 Å². The van der Waals surface area contributed by atoms with Crippen LogP contribution in [0.2, 0.25) is 0 Å². The monoisotopic (exact) mass is 256 g/mol. The number of nitro benzene ring substituents is 1. The van der Waals surface area contributed by atoms with Crippen LogP contribution in [-0.2, 0) is 0 Å². The molecular weight excluding hydrogens is 246 g/mol. The van der Waals surface area contributed by atoms with Gasteiger partial charge >= 0.3 is 0 Å². The summed E-state index contributed by atoms with van der Waals surface area (Å²) in [6.45, 7) is 1.08. The summed E-state index contributed by atoms with van der Waals surface area (Å²) in [6.07, 6.45) is -3.51. The number of nitro groups is 1. The van der Waals surface area contributed by atoms with E-state index in [-0.39, 0.29) is 11.3 Å². The van der Waals surface area contributed by atoms with Crippen LogP contribution in [0.4, 0.5) is 14.5 Å². The van der Waals surface area contributed by atoms with E-state index in [1.54, 1.807) is 0 Å². The Hall–Kier alpha value is -2.21. The first-order valence-electron chi connectivity index (χ1n) is 5.04. The molecule has 6 nitrogen and oxygen atoms in total. The molecule has 0 bridgehead atoms. The van der Waals surface area contributed by atoms with Crippen LogP contribution in [-0.4, -0.2) is 17.1 Å². The van der Waals surface area contributed by atoms with Crippen LogP contribution in [0, 0.1) is 10.1 Å². The molecule has 0 aliphatic heterocycles. The van der Waals surface area contributed by atoms with Crippen molar-refractivity contribution in [2.75, 3.05) is 0 Å². The molecule has 0 aliphatic carbocycles. The van der Waals surface area contributed by atoms with Gasteiger partial charge in [-0.05, 0) is 30.2 Å². The highest BCUT2D eigenvalue weighted by molar-refractivity contribution is 5.34. The van der Waals surface area contributed by atoms with Crippen molar-refractivity contribution >= 4 is 5.69 Å². The molecule has 3 atom stereocenters. The van der Waals surface area contributed by atoms with Crippen LogP contribution >= 0.6 is 0 Å². The fourth-order valence-corrected chi connectivity index (χ4v) is 1.42. The summed E-state index contributed by atoms with van der Waals surface area (Å²) in [5, 5.41) is 13.5. The average molecular weight is 256 g/mol. The van der Waals surface area contributed by atoms with Crippen molar-refractivity contribution in [2.45, 2.75) is 25.3 Å². The molecule has 0 amide bonds. The van der Waals surface area contributed by atoms with E-state index in [9.17, 15) is 18.9 Å². The van der Waals surface area contributed by atoms with Gasteiger partial charge in [0.2, 0.25) is 0 Å². The lowest BCUT2D eigenvalue weighted by Gasteiger charge is -2.17. The lowest BCUT2D eigenvalue weighted by atomic mass is 10.0. The molecule has 18 heavy (non-hydrogen) atoms. The van der Waals surface area contributed by atoms with Crippen LogP contribution in [0.1, 0.15) is 18.7 Å². The molecule has 0 unspecified atom stereocenters. The molecule has 0 heterocycles. The fourth-order valence-electron chi connectivity index (χ4n) is 1.42. The second-order valence-corrected chi connectivity index (χ2v) is 3.62. The largest absolute Gasteiger partial charge is 0.269 e. The van der Waals surface area contributed by atoms with Gasteiger partial charge in [-0.1, -0.05) is 5.11 Å². The van der Waals surface area contributed by atoms with Gasteiger partial charge in [0.25, 0.3) is 5.69 Å². The first kappa shape index (κ1) is 13.9. The standard InChI is InChI=1S/C10H10F2N4O2/c1-6(11)10(14-15-13)9(12)7-2-4-8(5-3-7)16(17)18/h2-6,9-10H,1H3/t6-,9+,10+/m1/s1. The minimum absolute atomic E-state index is 0.0301. The van der Waals surface area contributed by atoms with E-state index in [1.165, 1.54) is 12.1 Å². The van der Waals surface area contributed by atoms with Crippen LogP contribution in [0.15, 0.2) is 29.4 Å². The Morgan fingerprint density at radius 1 is 1.39 bits per heavy atom. The summed E-state index contributed by atoms with van der Waals surface area (Å²) in [5.41, 5.74) is 8.07. The summed E-state index contributed by atoms with van der Waals surface area (Å²) in [5.74, 6) is 0. The van der Waals surface area contributed by atoms with Gasteiger partial charge in [0.05, 0.1) is 4.92 Å². The molecule has 0 aromatic heterocycles. The number of benzene rings is 1. The van der Waals surface area contributed by atoms with E-state index in [0.717, 1.165) is 19.1 Å². The number of rotatable bonds is 5. The molecule has 1 aromatic rings. The van der Waals surface area contributed by atoms with E-state index < -0.39 is 23.3 Å². The van der Waals surface area contributed by atoms with E-state index in [2.05, 4.69) is 10.0 Å². The summed E-state index contributed by atoms with van der Waals surface area (Å²) < 4.78 is 27.0. The highest BCUT2D eigenvalue weighted by Gasteiger charge is 2.27. The lowest BCUT2D eigenvalue weighted by molar-refractivity contribution is -0.384. The van der Waals surface area contributed by atoms with Crippen molar-refractivity contribution in [3.63, 3.8) is 0 Å². The molecule has 0 spiro atoms. The highest BCUT2D eigenvalue weighted by Crippen LogP contribution is 2.28. The fraction of sp³-hybridized carbons (Fsp3) is 0.400. The Labute approximate surface area is 101 Å². The maximum atomic E-state index is 13.9. The zero-order valence-electron chi connectivity index (χ0n) is 9.40. The average Bonchev–Trinajstić information content (AvgIpc) is 2.35. The van der Waals surface area contributed by atoms with Gasteiger partial charge in [-0.2, -0.15) is 0 Å². The van der Waals surface area contributed by atoms with Crippen molar-refractivity contribution in [3.05, 3.63) is 50.4 Å². The minimum Gasteiger partial charge on any atom is -0.258 e. The predicted molar refractivity (Wildman–Crippen MR) is 60.4 cm³/mol. The number of nitrogens with zero attached hydrogens (tertiary/aromatic N) is 4. The molecule has 0 saturated carbocycles. The third-order valence-corrected chi connectivity index (χ3v) is 2.38. The summed E-state index contributed by atoms with van der Waals surface area (Å²) in [7, 11) is 0. The molecule has 0 fully saturated rings. The quantitative estimate of drug-likeness (QED) is 0.264. The Balaban J connectivity index is 2.98. The van der Waals surface area contributed by atoms with E-state index >= 15 is 0 Å². The van der Waals surface area contributed by atoms with Crippen molar-refractivity contribution < 1.29 is 13.7 Å². The minimum atomic E-state index is -1.85. The summed E-state index contributed by atoms with van der Waals surface area (Å²) >= 11 is 0. The van der Waals surface area contributed by atoms with E-state index in [4.69, 9.17) is 5.53 Å². The van der Waals surface area contributed by atoms with Gasteiger partial charge in [0, 0.05) is 17.0 Å². The predicted octanol–water partition coefficient (Wildman–Crippen LogP) is 3.64. The Morgan fingerprint density at radius 3 is 2.33 bits per heavy atom. The topological polar surface area (TPSA) is 91.9 Å². The molecule has 0 N–H and O–H groups in total. The normalized spacial score (nSPS) is 15.3. The first-order chi connectivity index (χ1) is 8.47. The number of halogens is 2. The van der Waals surface area contributed by atoms with E-state index in [1.807, 2.05) is 0 Å². The smallest absolute Gasteiger partial charge is 0.258 e. The molecule has 0 saturated heterocycles. The Kier molecular flexibility index (Phi) is 4.56. The third-order valence-electron chi connectivity index (χ3n) is 2.38. The number of non-ortho nitro benzene ring substituents is 1. The van der Waals surface area contributed by atoms with Gasteiger partial charge in [-0.15, -0.1) is 0 Å². The number of hydrogen-bond donors (Lipinski definition) is 0.